The van der Waals surface area contributed by atoms with Gasteiger partial charge < -0.3 is 5.11 Å². The number of carbonyl (C=O) groups is 1. The molecule has 0 atom stereocenters. The summed E-state index contributed by atoms with van der Waals surface area (Å²) in [4.78, 5) is 15.2. The molecular weight excluding hydrogens is 570 g/mol. The first-order valence-electron chi connectivity index (χ1n) is 8.76. The Kier molecular flexibility index (Phi) is 7.49. The molecule has 2 aromatic heterocycles. The van der Waals surface area contributed by atoms with E-state index in [0.29, 0.717) is 0 Å². The molecule has 0 spiro atoms. The summed E-state index contributed by atoms with van der Waals surface area (Å²) in [5.41, 5.74) is -10.8. The Morgan fingerprint density at radius 2 is 1.39 bits per heavy atom. The van der Waals surface area contributed by atoms with Gasteiger partial charge in [-0.05, 0) is 19.1 Å². The standard InChI is InChI=1S/C19H6F10N4O2.Cu/c1-5-10(16(34)6-2-8(18(24,25)26)31-9(3-6)19(27,28)29)17(35)33(32-5)15-13(22)11(20)7(4-30)12(21)14(15)23;/h2-3,35H,1H3;. The van der Waals surface area contributed by atoms with E-state index >= 15 is 0 Å². The molecule has 1 N–H and O–H groups in total. The first-order chi connectivity index (χ1) is 16.0. The Hall–Kier alpha value is -3.64. The third-order valence-corrected chi connectivity index (χ3v) is 4.50. The minimum Gasteiger partial charge on any atom is -0.493 e. The molecule has 0 aliphatic heterocycles. The smallest absolute Gasteiger partial charge is 0.433 e. The van der Waals surface area contributed by atoms with Crippen molar-refractivity contribution in [2.75, 3.05) is 0 Å². The van der Waals surface area contributed by atoms with Crippen LogP contribution in [0.2, 0.25) is 0 Å². The molecule has 1 aromatic carbocycles. The molecule has 17 heteroatoms. The zero-order valence-electron chi connectivity index (χ0n) is 16.9. The van der Waals surface area contributed by atoms with Gasteiger partial charge in [0.15, 0.2) is 23.3 Å². The van der Waals surface area contributed by atoms with Gasteiger partial charge in [-0.15, -0.1) is 0 Å². The van der Waals surface area contributed by atoms with Crippen molar-refractivity contribution >= 4 is 5.78 Å². The Bertz CT molecular complexity index is 1360. The maximum absolute atomic E-state index is 14.3. The number of aromatic nitrogens is 3. The fourth-order valence-corrected chi connectivity index (χ4v) is 2.94. The van der Waals surface area contributed by atoms with Gasteiger partial charge in [-0.3, -0.25) is 4.79 Å². The molecule has 0 saturated carbocycles. The van der Waals surface area contributed by atoms with Gasteiger partial charge in [0.2, 0.25) is 11.7 Å². The largest absolute Gasteiger partial charge is 0.493 e. The van der Waals surface area contributed by atoms with Crippen molar-refractivity contribution in [3.63, 3.8) is 0 Å². The molecule has 0 unspecified atom stereocenters. The number of alkyl halides is 6. The number of hydrogen-bond acceptors (Lipinski definition) is 5. The van der Waals surface area contributed by atoms with Crippen LogP contribution in [0.1, 0.15) is 38.6 Å². The molecule has 0 aliphatic carbocycles. The van der Waals surface area contributed by atoms with Gasteiger partial charge in [-0.2, -0.15) is 41.4 Å². The number of benzene rings is 1. The second-order valence-electron chi connectivity index (χ2n) is 6.74. The van der Waals surface area contributed by atoms with Gasteiger partial charge in [0, 0.05) is 22.6 Å². The predicted octanol–water partition coefficient (Wildman–Crippen LogP) is 4.98. The summed E-state index contributed by atoms with van der Waals surface area (Å²) >= 11 is 0. The summed E-state index contributed by atoms with van der Waals surface area (Å²) in [5.74, 6) is -12.2. The van der Waals surface area contributed by atoms with E-state index in [0.717, 1.165) is 13.0 Å². The van der Waals surface area contributed by atoms with E-state index in [-0.39, 0.29) is 33.9 Å². The SMILES string of the molecule is Cc1nn(-c2c(F)c(F)c(C#N)c(F)c2F)c(O)c1C(=O)c1cc(C(F)(F)F)nc(C(F)(F)F)c1.[Cu]. The number of aromatic hydroxyl groups is 1. The van der Waals surface area contributed by atoms with Gasteiger partial charge >= 0.3 is 12.4 Å². The van der Waals surface area contributed by atoms with E-state index in [4.69, 9.17) is 5.26 Å². The topological polar surface area (TPSA) is 91.8 Å². The maximum atomic E-state index is 14.3. The first kappa shape index (κ1) is 28.6. The molecule has 1 radical (unpaired) electrons. The van der Waals surface area contributed by atoms with Crippen LogP contribution in [0, 0.1) is 41.5 Å². The van der Waals surface area contributed by atoms with Crippen LogP contribution in [0.25, 0.3) is 5.69 Å². The third-order valence-electron chi connectivity index (χ3n) is 4.50. The number of aryl methyl sites for hydroxylation is 1. The van der Waals surface area contributed by atoms with E-state index in [1.54, 1.807) is 0 Å². The van der Waals surface area contributed by atoms with Gasteiger partial charge in [-0.25, -0.2) is 22.5 Å². The molecule has 36 heavy (non-hydrogen) atoms. The van der Waals surface area contributed by atoms with Crippen molar-refractivity contribution in [2.45, 2.75) is 19.3 Å². The normalized spacial score (nSPS) is 11.7. The average molecular weight is 576 g/mol. The van der Waals surface area contributed by atoms with Crippen molar-refractivity contribution in [3.8, 4) is 17.6 Å². The Morgan fingerprint density at radius 3 is 1.78 bits per heavy atom. The van der Waals surface area contributed by atoms with Crippen molar-refractivity contribution in [2.24, 2.45) is 0 Å². The minimum absolute atomic E-state index is 0. The number of hydrogen-bond donors (Lipinski definition) is 1. The van der Waals surface area contributed by atoms with E-state index < -0.39 is 86.7 Å². The minimum atomic E-state index is -5.43. The van der Waals surface area contributed by atoms with Crippen LogP contribution in [0.5, 0.6) is 5.88 Å². The van der Waals surface area contributed by atoms with Crippen LogP contribution in [0.3, 0.4) is 0 Å². The number of carbonyl (C=O) groups excluding carboxylic acids is 1. The summed E-state index contributed by atoms with van der Waals surface area (Å²) in [7, 11) is 0. The average Bonchev–Trinajstić information content (AvgIpc) is 3.04. The monoisotopic (exact) mass is 575 g/mol. The summed E-state index contributed by atoms with van der Waals surface area (Å²) in [6, 6.07) is 0.717. The second-order valence-corrected chi connectivity index (χ2v) is 6.74. The van der Waals surface area contributed by atoms with E-state index in [2.05, 4.69) is 10.1 Å². The Balaban J connectivity index is 0.00000456. The molecule has 0 bridgehead atoms. The van der Waals surface area contributed by atoms with Crippen LogP contribution >= 0.6 is 0 Å². The van der Waals surface area contributed by atoms with Crippen LogP contribution in [-0.4, -0.2) is 25.7 Å². The van der Waals surface area contributed by atoms with Crippen LogP contribution in [-0.2, 0) is 29.4 Å². The summed E-state index contributed by atoms with van der Waals surface area (Å²) in [5, 5.41) is 22.2. The van der Waals surface area contributed by atoms with Crippen molar-refractivity contribution < 1.29 is 70.9 Å². The van der Waals surface area contributed by atoms with E-state index in [9.17, 15) is 53.8 Å². The van der Waals surface area contributed by atoms with Gasteiger partial charge in [0.1, 0.15) is 34.3 Å². The predicted molar refractivity (Wildman–Crippen MR) is 92.2 cm³/mol. The number of rotatable bonds is 3. The quantitative estimate of drug-likeness (QED) is 0.206. The van der Waals surface area contributed by atoms with Crippen molar-refractivity contribution in [1.82, 2.24) is 14.8 Å². The van der Waals surface area contributed by atoms with Gasteiger partial charge in [0.25, 0.3) is 0 Å². The van der Waals surface area contributed by atoms with Gasteiger partial charge in [0.05, 0.1) is 5.69 Å². The third kappa shape index (κ3) is 4.73. The second kappa shape index (κ2) is 9.43. The fraction of sp³-hybridized carbons (Fsp3) is 0.158. The molecular formula is C19H6CuF10N4O2. The molecule has 3 rings (SSSR count). The fourth-order valence-electron chi connectivity index (χ4n) is 2.94. The number of pyridine rings is 1. The zero-order valence-corrected chi connectivity index (χ0v) is 17.8. The van der Waals surface area contributed by atoms with E-state index in [1.807, 2.05) is 0 Å². The maximum Gasteiger partial charge on any atom is 0.433 e. The van der Waals surface area contributed by atoms with Crippen molar-refractivity contribution in [1.29, 1.82) is 5.26 Å². The number of halogens is 10. The van der Waals surface area contributed by atoms with Gasteiger partial charge in [-0.1, -0.05) is 0 Å². The van der Waals surface area contributed by atoms with E-state index in [1.165, 1.54) is 0 Å². The molecule has 0 saturated heterocycles. The molecule has 0 fully saturated rings. The van der Waals surface area contributed by atoms with Crippen LogP contribution in [0.15, 0.2) is 12.1 Å². The first-order valence-corrected chi connectivity index (χ1v) is 8.76. The summed E-state index contributed by atoms with van der Waals surface area (Å²) in [6.07, 6.45) is -10.9. The van der Waals surface area contributed by atoms with Crippen molar-refractivity contribution in [3.05, 3.63) is 69.2 Å². The Morgan fingerprint density at radius 1 is 0.944 bits per heavy atom. The molecule has 3 aromatic rings. The molecule has 195 valence electrons. The summed E-state index contributed by atoms with van der Waals surface area (Å²) < 4.78 is 135. The number of nitrogens with zero attached hydrogens (tertiary/aromatic N) is 4. The van der Waals surface area contributed by atoms with Crippen LogP contribution in [0.4, 0.5) is 43.9 Å². The molecule has 0 aliphatic rings. The molecule has 0 amide bonds. The van der Waals surface area contributed by atoms with Crippen LogP contribution < -0.4 is 0 Å². The number of ketones is 1. The zero-order chi connectivity index (χ0) is 26.6. The summed E-state index contributed by atoms with van der Waals surface area (Å²) in [6.45, 7) is 0.853. The molecule has 2 heterocycles. The molecule has 6 nitrogen and oxygen atoms in total. The number of nitriles is 1. The Labute approximate surface area is 203 Å².